The van der Waals surface area contributed by atoms with Crippen LogP contribution in [-0.2, 0) is 24.3 Å². The second-order valence-corrected chi connectivity index (χ2v) is 8.05. The molecule has 0 aliphatic carbocycles. The van der Waals surface area contributed by atoms with Crippen molar-refractivity contribution in [2.45, 2.75) is 4.90 Å². The lowest BCUT2D eigenvalue weighted by atomic mass is 10.2. The van der Waals surface area contributed by atoms with Crippen LogP contribution in [0.15, 0.2) is 48.4 Å². The molecule has 0 saturated carbocycles. The fourth-order valence-electron chi connectivity index (χ4n) is 2.64. The van der Waals surface area contributed by atoms with Crippen molar-refractivity contribution in [1.29, 1.82) is 0 Å². The van der Waals surface area contributed by atoms with Crippen LogP contribution >= 0.6 is 0 Å². The van der Waals surface area contributed by atoms with Crippen molar-refractivity contribution in [3.8, 4) is 0 Å². The Balaban J connectivity index is 2.14. The first-order valence-corrected chi connectivity index (χ1v) is 10.3. The van der Waals surface area contributed by atoms with E-state index in [1.54, 1.807) is 0 Å². The number of nitrogens with zero attached hydrogens (tertiary/aromatic N) is 2. The van der Waals surface area contributed by atoms with Gasteiger partial charge in [-0.25, -0.2) is 17.6 Å². The SMILES string of the molecule is C=CCN(CC=C)C(=O)COC(=O)c1cc(S(=O)(=O)N2CCOCC2)ccc1F. The van der Waals surface area contributed by atoms with Gasteiger partial charge in [-0.05, 0) is 18.2 Å². The molecule has 158 valence electrons. The summed E-state index contributed by atoms with van der Waals surface area (Å²) in [7, 11) is -3.91. The molecule has 0 bridgehead atoms. The second-order valence-electron chi connectivity index (χ2n) is 6.11. The third kappa shape index (κ3) is 5.72. The van der Waals surface area contributed by atoms with Crippen LogP contribution in [-0.4, -0.2) is 75.5 Å². The van der Waals surface area contributed by atoms with E-state index < -0.39 is 39.9 Å². The molecule has 0 radical (unpaired) electrons. The topological polar surface area (TPSA) is 93.2 Å². The third-order valence-electron chi connectivity index (χ3n) is 4.14. The van der Waals surface area contributed by atoms with Crippen molar-refractivity contribution < 1.29 is 31.9 Å². The molecule has 29 heavy (non-hydrogen) atoms. The highest BCUT2D eigenvalue weighted by atomic mass is 32.2. The molecule has 10 heteroatoms. The molecule has 2 rings (SSSR count). The first-order valence-electron chi connectivity index (χ1n) is 8.85. The lowest BCUT2D eigenvalue weighted by molar-refractivity contribution is -0.133. The molecule has 0 spiro atoms. The Bertz CT molecular complexity index is 871. The van der Waals surface area contributed by atoms with Crippen LogP contribution in [0.3, 0.4) is 0 Å². The van der Waals surface area contributed by atoms with E-state index in [4.69, 9.17) is 9.47 Å². The number of amides is 1. The zero-order valence-electron chi connectivity index (χ0n) is 15.9. The number of hydrogen-bond donors (Lipinski definition) is 0. The number of carbonyl (C=O) groups is 2. The Morgan fingerprint density at radius 3 is 2.41 bits per heavy atom. The van der Waals surface area contributed by atoms with Crippen molar-refractivity contribution in [3.05, 3.63) is 54.9 Å². The number of morpholine rings is 1. The number of carbonyl (C=O) groups excluding carboxylic acids is 2. The maximum absolute atomic E-state index is 14.1. The summed E-state index contributed by atoms with van der Waals surface area (Å²) in [6.45, 7) is 7.73. The predicted octanol–water partition coefficient (Wildman–Crippen LogP) is 1.20. The normalized spacial score (nSPS) is 14.8. The van der Waals surface area contributed by atoms with Gasteiger partial charge < -0.3 is 14.4 Å². The quantitative estimate of drug-likeness (QED) is 0.435. The molecular weight excluding hydrogens is 403 g/mol. The average molecular weight is 426 g/mol. The van der Waals surface area contributed by atoms with Crippen molar-refractivity contribution in [3.63, 3.8) is 0 Å². The molecule has 1 aromatic carbocycles. The minimum Gasteiger partial charge on any atom is -0.452 e. The van der Waals surface area contributed by atoms with E-state index in [9.17, 15) is 22.4 Å². The van der Waals surface area contributed by atoms with Crippen LogP contribution in [0.1, 0.15) is 10.4 Å². The van der Waals surface area contributed by atoms with Crippen LogP contribution in [0.2, 0.25) is 0 Å². The first kappa shape index (κ1) is 22.7. The maximum Gasteiger partial charge on any atom is 0.341 e. The molecule has 0 aromatic heterocycles. The van der Waals surface area contributed by atoms with Gasteiger partial charge in [0.1, 0.15) is 5.82 Å². The molecule has 0 N–H and O–H groups in total. The Kier molecular flexibility index (Phi) is 8.06. The monoisotopic (exact) mass is 426 g/mol. The zero-order valence-corrected chi connectivity index (χ0v) is 16.7. The standard InChI is InChI=1S/C19H23FN2O6S/c1-3-7-21(8-4-2)18(23)14-28-19(24)16-13-15(5-6-17(16)20)29(25,26)22-9-11-27-12-10-22/h3-6,13H,1-2,7-12,14H2. The average Bonchev–Trinajstić information content (AvgIpc) is 2.72. The molecule has 1 heterocycles. The highest BCUT2D eigenvalue weighted by molar-refractivity contribution is 7.89. The Hall–Kier alpha value is -2.56. The molecule has 1 saturated heterocycles. The molecule has 0 unspecified atom stereocenters. The van der Waals surface area contributed by atoms with Crippen molar-refractivity contribution in [2.75, 3.05) is 46.0 Å². The number of hydrogen-bond acceptors (Lipinski definition) is 6. The van der Waals surface area contributed by atoms with E-state index in [0.29, 0.717) is 0 Å². The molecule has 1 aromatic rings. The number of esters is 1. The van der Waals surface area contributed by atoms with E-state index in [0.717, 1.165) is 18.2 Å². The van der Waals surface area contributed by atoms with E-state index in [2.05, 4.69) is 13.2 Å². The number of ether oxygens (including phenoxy) is 2. The third-order valence-corrected chi connectivity index (χ3v) is 6.04. The number of halogens is 1. The maximum atomic E-state index is 14.1. The molecule has 8 nitrogen and oxygen atoms in total. The van der Waals surface area contributed by atoms with E-state index in [1.807, 2.05) is 0 Å². The highest BCUT2D eigenvalue weighted by Crippen LogP contribution is 2.21. The minimum atomic E-state index is -3.91. The minimum absolute atomic E-state index is 0.163. The summed E-state index contributed by atoms with van der Waals surface area (Å²) >= 11 is 0. The van der Waals surface area contributed by atoms with E-state index >= 15 is 0 Å². The summed E-state index contributed by atoms with van der Waals surface area (Å²) in [5, 5.41) is 0. The Morgan fingerprint density at radius 1 is 1.21 bits per heavy atom. The van der Waals surface area contributed by atoms with E-state index in [-0.39, 0.29) is 44.3 Å². The fourth-order valence-corrected chi connectivity index (χ4v) is 4.08. The highest BCUT2D eigenvalue weighted by Gasteiger charge is 2.28. The number of sulfonamides is 1. The summed E-state index contributed by atoms with van der Waals surface area (Å²) < 4.78 is 50.7. The molecule has 1 aliphatic rings. The van der Waals surface area contributed by atoms with Crippen molar-refractivity contribution >= 4 is 21.9 Å². The van der Waals surface area contributed by atoms with Gasteiger partial charge in [0, 0.05) is 26.2 Å². The Morgan fingerprint density at radius 2 is 1.83 bits per heavy atom. The lowest BCUT2D eigenvalue weighted by Crippen LogP contribution is -2.40. The lowest BCUT2D eigenvalue weighted by Gasteiger charge is -2.26. The molecule has 1 fully saturated rings. The summed E-state index contributed by atoms with van der Waals surface area (Å²) in [5.41, 5.74) is -0.564. The van der Waals surface area contributed by atoms with Gasteiger partial charge in [0.15, 0.2) is 6.61 Å². The summed E-state index contributed by atoms with van der Waals surface area (Å²) in [5.74, 6) is -2.60. The van der Waals surface area contributed by atoms with Crippen LogP contribution in [0.5, 0.6) is 0 Å². The van der Waals surface area contributed by atoms with Gasteiger partial charge in [0.2, 0.25) is 10.0 Å². The van der Waals surface area contributed by atoms with Gasteiger partial charge in [-0.1, -0.05) is 12.2 Å². The first-order chi connectivity index (χ1) is 13.8. The second kappa shape index (κ2) is 10.3. The molecule has 1 amide bonds. The van der Waals surface area contributed by atoms with Crippen LogP contribution < -0.4 is 0 Å². The van der Waals surface area contributed by atoms with Gasteiger partial charge in [0.05, 0.1) is 23.7 Å². The van der Waals surface area contributed by atoms with Gasteiger partial charge in [-0.2, -0.15) is 4.31 Å². The predicted molar refractivity (Wildman–Crippen MR) is 103 cm³/mol. The van der Waals surface area contributed by atoms with Gasteiger partial charge in [-0.15, -0.1) is 13.2 Å². The van der Waals surface area contributed by atoms with Crippen molar-refractivity contribution in [1.82, 2.24) is 9.21 Å². The fraction of sp³-hybridized carbons (Fsp3) is 0.368. The smallest absolute Gasteiger partial charge is 0.341 e. The van der Waals surface area contributed by atoms with Crippen LogP contribution in [0, 0.1) is 5.82 Å². The Labute approximate surface area is 169 Å². The van der Waals surface area contributed by atoms with Crippen LogP contribution in [0.25, 0.3) is 0 Å². The summed E-state index contributed by atoms with van der Waals surface area (Å²) in [6.07, 6.45) is 3.01. The molecule has 0 atom stereocenters. The largest absolute Gasteiger partial charge is 0.452 e. The summed E-state index contributed by atoms with van der Waals surface area (Å²) in [4.78, 5) is 25.5. The van der Waals surface area contributed by atoms with Gasteiger partial charge in [0.25, 0.3) is 5.91 Å². The zero-order chi connectivity index (χ0) is 21.4. The molecular formula is C19H23FN2O6S. The van der Waals surface area contributed by atoms with Crippen molar-refractivity contribution in [2.24, 2.45) is 0 Å². The van der Waals surface area contributed by atoms with E-state index in [1.165, 1.54) is 21.4 Å². The number of rotatable bonds is 9. The number of benzene rings is 1. The van der Waals surface area contributed by atoms with Crippen LogP contribution in [0.4, 0.5) is 4.39 Å². The van der Waals surface area contributed by atoms with Gasteiger partial charge >= 0.3 is 5.97 Å². The van der Waals surface area contributed by atoms with Gasteiger partial charge in [-0.3, -0.25) is 4.79 Å². The summed E-state index contributed by atoms with van der Waals surface area (Å²) in [6, 6.07) is 2.88. The molecule has 1 aliphatic heterocycles.